The first-order valence-corrected chi connectivity index (χ1v) is 5.43. The first-order valence-electron chi connectivity index (χ1n) is 5.43. The lowest BCUT2D eigenvalue weighted by molar-refractivity contribution is 0.469. The first-order chi connectivity index (χ1) is 8.06. The highest BCUT2D eigenvalue weighted by Gasteiger charge is 2.08. The Morgan fingerprint density at radius 1 is 1.47 bits per heavy atom. The molecule has 0 fully saturated rings. The standard InChI is InChI=1S/C12H15N3O2/c1-8-5-14-10(6-13-8)7-15-9(2)3-11(16)4-12(15)17/h3-4,6,14,16H,5,7H2,1-2H3. The summed E-state index contributed by atoms with van der Waals surface area (Å²) < 4.78 is 1.59. The van der Waals surface area contributed by atoms with Gasteiger partial charge in [0.2, 0.25) is 0 Å². The van der Waals surface area contributed by atoms with Crippen LogP contribution in [0.5, 0.6) is 5.75 Å². The molecule has 0 bridgehead atoms. The van der Waals surface area contributed by atoms with Crippen molar-refractivity contribution in [2.24, 2.45) is 4.99 Å². The van der Waals surface area contributed by atoms with E-state index in [1.165, 1.54) is 6.07 Å². The number of aromatic hydroxyl groups is 1. The number of hydrogen-bond donors (Lipinski definition) is 2. The lowest BCUT2D eigenvalue weighted by Gasteiger charge is -2.17. The SMILES string of the molecule is CC1=NC=C(Cn2c(C)cc(O)cc2=O)NC1. The number of nitrogens with one attached hydrogen (secondary N) is 1. The average molecular weight is 233 g/mol. The van der Waals surface area contributed by atoms with Crippen LogP contribution in [-0.4, -0.2) is 21.9 Å². The Balaban J connectivity index is 2.29. The number of aliphatic imine (C=N–C) groups is 1. The molecule has 2 rings (SSSR count). The summed E-state index contributed by atoms with van der Waals surface area (Å²) >= 11 is 0. The molecule has 90 valence electrons. The van der Waals surface area contributed by atoms with Crippen LogP contribution in [0.2, 0.25) is 0 Å². The minimum Gasteiger partial charge on any atom is -0.508 e. The molecule has 0 spiro atoms. The highest BCUT2D eigenvalue weighted by molar-refractivity contribution is 5.85. The van der Waals surface area contributed by atoms with Gasteiger partial charge in [-0.3, -0.25) is 9.79 Å². The summed E-state index contributed by atoms with van der Waals surface area (Å²) in [6.45, 7) is 4.89. The Morgan fingerprint density at radius 3 is 2.82 bits per heavy atom. The average Bonchev–Trinajstić information content (AvgIpc) is 2.26. The monoisotopic (exact) mass is 233 g/mol. The molecule has 2 heterocycles. The van der Waals surface area contributed by atoms with Gasteiger partial charge >= 0.3 is 0 Å². The minimum absolute atomic E-state index is 0.00296. The smallest absolute Gasteiger partial charge is 0.254 e. The molecule has 0 saturated heterocycles. The van der Waals surface area contributed by atoms with Crippen molar-refractivity contribution < 1.29 is 5.11 Å². The number of aromatic nitrogens is 1. The van der Waals surface area contributed by atoms with E-state index in [0.717, 1.165) is 17.1 Å². The number of allylic oxidation sites excluding steroid dienone is 1. The Kier molecular flexibility index (Phi) is 2.99. The lowest BCUT2D eigenvalue weighted by atomic mass is 10.3. The van der Waals surface area contributed by atoms with Crippen molar-refractivity contribution in [3.8, 4) is 5.75 Å². The summed E-state index contributed by atoms with van der Waals surface area (Å²) in [6, 6.07) is 2.78. The molecule has 0 unspecified atom stereocenters. The van der Waals surface area contributed by atoms with Crippen LogP contribution in [0.15, 0.2) is 33.8 Å². The Labute approximate surface area is 99.1 Å². The molecule has 0 aliphatic carbocycles. The maximum atomic E-state index is 11.7. The first kappa shape index (κ1) is 11.4. The van der Waals surface area contributed by atoms with Gasteiger partial charge in [-0.05, 0) is 19.9 Å². The lowest BCUT2D eigenvalue weighted by Crippen LogP contribution is -2.30. The molecule has 0 aromatic carbocycles. The van der Waals surface area contributed by atoms with Gasteiger partial charge in [0.25, 0.3) is 5.56 Å². The van der Waals surface area contributed by atoms with Gasteiger partial charge < -0.3 is 15.0 Å². The van der Waals surface area contributed by atoms with Crippen LogP contribution < -0.4 is 10.9 Å². The molecule has 17 heavy (non-hydrogen) atoms. The van der Waals surface area contributed by atoms with Crippen LogP contribution in [0.3, 0.4) is 0 Å². The van der Waals surface area contributed by atoms with Crippen LogP contribution >= 0.6 is 0 Å². The van der Waals surface area contributed by atoms with E-state index in [1.54, 1.807) is 23.8 Å². The van der Waals surface area contributed by atoms with Gasteiger partial charge in [0.05, 0.1) is 13.1 Å². The summed E-state index contributed by atoms with van der Waals surface area (Å²) in [4.78, 5) is 15.9. The van der Waals surface area contributed by atoms with Gasteiger partial charge in [-0.2, -0.15) is 0 Å². The van der Waals surface area contributed by atoms with E-state index in [9.17, 15) is 9.90 Å². The van der Waals surface area contributed by atoms with E-state index in [-0.39, 0.29) is 11.3 Å². The van der Waals surface area contributed by atoms with Crippen LogP contribution in [-0.2, 0) is 6.54 Å². The highest BCUT2D eigenvalue weighted by Crippen LogP contribution is 2.09. The molecule has 5 heteroatoms. The second-order valence-corrected chi connectivity index (χ2v) is 4.15. The molecule has 0 saturated carbocycles. The fourth-order valence-corrected chi connectivity index (χ4v) is 1.70. The van der Waals surface area contributed by atoms with Crippen LogP contribution in [0, 0.1) is 6.92 Å². The molecule has 0 radical (unpaired) electrons. The normalized spacial score (nSPS) is 14.9. The van der Waals surface area contributed by atoms with Gasteiger partial charge in [0, 0.05) is 29.4 Å². The number of aryl methyl sites for hydroxylation is 1. The van der Waals surface area contributed by atoms with Crippen molar-refractivity contribution in [2.45, 2.75) is 20.4 Å². The van der Waals surface area contributed by atoms with Crippen molar-refractivity contribution in [2.75, 3.05) is 6.54 Å². The maximum Gasteiger partial charge on any atom is 0.254 e. The third kappa shape index (κ3) is 2.55. The topological polar surface area (TPSA) is 66.6 Å². The van der Waals surface area contributed by atoms with E-state index in [1.807, 2.05) is 6.92 Å². The fourth-order valence-electron chi connectivity index (χ4n) is 1.70. The molecule has 1 aliphatic rings. The quantitative estimate of drug-likeness (QED) is 0.792. The van der Waals surface area contributed by atoms with Gasteiger partial charge in [-0.1, -0.05) is 0 Å². The molecule has 1 aromatic heterocycles. The minimum atomic E-state index is -0.212. The fraction of sp³-hybridized carbons (Fsp3) is 0.333. The molecule has 1 aliphatic heterocycles. The van der Waals surface area contributed by atoms with E-state index >= 15 is 0 Å². The molecule has 0 amide bonds. The number of rotatable bonds is 2. The summed E-state index contributed by atoms with van der Waals surface area (Å²) in [5, 5.41) is 12.5. The zero-order chi connectivity index (χ0) is 12.4. The largest absolute Gasteiger partial charge is 0.508 e. The molecule has 2 N–H and O–H groups in total. The predicted octanol–water partition coefficient (Wildman–Crippen LogP) is 0.768. The van der Waals surface area contributed by atoms with Crippen LogP contribution in [0.1, 0.15) is 12.6 Å². The van der Waals surface area contributed by atoms with E-state index in [2.05, 4.69) is 10.3 Å². The van der Waals surface area contributed by atoms with E-state index < -0.39 is 0 Å². The van der Waals surface area contributed by atoms with Crippen molar-refractivity contribution >= 4 is 5.71 Å². The van der Waals surface area contributed by atoms with Gasteiger partial charge in [-0.15, -0.1) is 0 Å². The zero-order valence-corrected chi connectivity index (χ0v) is 9.90. The summed E-state index contributed by atoms with van der Waals surface area (Å²) in [5.41, 5.74) is 2.43. The second-order valence-electron chi connectivity index (χ2n) is 4.15. The van der Waals surface area contributed by atoms with Crippen molar-refractivity contribution in [1.29, 1.82) is 0 Å². The summed E-state index contributed by atoms with van der Waals surface area (Å²) in [5.74, 6) is 0.00296. The summed E-state index contributed by atoms with van der Waals surface area (Å²) in [7, 11) is 0. The summed E-state index contributed by atoms with van der Waals surface area (Å²) in [6.07, 6.45) is 1.73. The Morgan fingerprint density at radius 2 is 2.24 bits per heavy atom. The van der Waals surface area contributed by atoms with Gasteiger partial charge in [-0.25, -0.2) is 0 Å². The Hall–Kier alpha value is -2.04. The third-order valence-electron chi connectivity index (χ3n) is 2.66. The molecular formula is C12H15N3O2. The maximum absolute atomic E-state index is 11.7. The Bertz CT molecular complexity index is 555. The predicted molar refractivity (Wildman–Crippen MR) is 66.3 cm³/mol. The van der Waals surface area contributed by atoms with E-state index in [4.69, 9.17) is 0 Å². The molecular weight excluding hydrogens is 218 g/mol. The van der Waals surface area contributed by atoms with Crippen molar-refractivity contribution in [3.05, 3.63) is 40.1 Å². The van der Waals surface area contributed by atoms with Gasteiger partial charge in [0.1, 0.15) is 5.75 Å². The van der Waals surface area contributed by atoms with Crippen molar-refractivity contribution in [1.82, 2.24) is 9.88 Å². The highest BCUT2D eigenvalue weighted by atomic mass is 16.3. The molecule has 1 aromatic rings. The van der Waals surface area contributed by atoms with E-state index in [0.29, 0.717) is 13.1 Å². The van der Waals surface area contributed by atoms with Crippen LogP contribution in [0.25, 0.3) is 0 Å². The van der Waals surface area contributed by atoms with Gasteiger partial charge in [0.15, 0.2) is 0 Å². The van der Waals surface area contributed by atoms with Crippen molar-refractivity contribution in [3.63, 3.8) is 0 Å². The molecule has 0 atom stereocenters. The zero-order valence-electron chi connectivity index (χ0n) is 9.90. The number of pyridine rings is 1. The molecule has 5 nitrogen and oxygen atoms in total. The third-order valence-corrected chi connectivity index (χ3v) is 2.66. The van der Waals surface area contributed by atoms with Crippen LogP contribution in [0.4, 0.5) is 0 Å². The second kappa shape index (κ2) is 4.45. The number of nitrogens with zero attached hydrogens (tertiary/aromatic N) is 2. The number of hydrogen-bond acceptors (Lipinski definition) is 4.